The Bertz CT molecular complexity index is 404. The molecule has 1 aromatic heterocycles. The van der Waals surface area contributed by atoms with Crippen molar-refractivity contribution in [3.05, 3.63) is 36.7 Å². The van der Waals surface area contributed by atoms with Crippen LogP contribution in [0.4, 0.5) is 0 Å². The molecule has 98 valence electrons. The zero-order valence-corrected chi connectivity index (χ0v) is 11.1. The van der Waals surface area contributed by atoms with E-state index in [-0.39, 0.29) is 11.7 Å². The molecule has 0 radical (unpaired) electrons. The Morgan fingerprint density at radius 3 is 2.50 bits per heavy atom. The van der Waals surface area contributed by atoms with Crippen LogP contribution in [0.25, 0.3) is 0 Å². The molecule has 0 saturated heterocycles. The lowest BCUT2D eigenvalue weighted by atomic mass is 10.00. The van der Waals surface area contributed by atoms with Crippen LogP contribution in [0.2, 0.25) is 0 Å². The standard InChI is InChI=1S/C15H21NO2/c1-3-4-5-6-7-10-14(17)13(2)15(18)16-11-8-9-12-16/h3-4,8-9,11-13H,5-7,10H2,1-2H3/t13-/m1/s1. The van der Waals surface area contributed by atoms with Crippen LogP contribution in [-0.2, 0) is 4.79 Å². The largest absolute Gasteiger partial charge is 0.299 e. The molecule has 0 unspecified atom stereocenters. The van der Waals surface area contributed by atoms with Crippen LogP contribution in [0.1, 0.15) is 44.3 Å². The van der Waals surface area contributed by atoms with Gasteiger partial charge in [-0.25, -0.2) is 0 Å². The summed E-state index contributed by atoms with van der Waals surface area (Å²) in [6, 6.07) is 3.57. The summed E-state index contributed by atoms with van der Waals surface area (Å²) in [5, 5.41) is 0. The van der Waals surface area contributed by atoms with Gasteiger partial charge < -0.3 is 0 Å². The van der Waals surface area contributed by atoms with Crippen LogP contribution in [0.3, 0.4) is 0 Å². The summed E-state index contributed by atoms with van der Waals surface area (Å²) in [6.07, 6.45) is 10.8. The molecule has 3 nitrogen and oxygen atoms in total. The minimum Gasteiger partial charge on any atom is -0.299 e. The van der Waals surface area contributed by atoms with E-state index in [9.17, 15) is 9.59 Å². The highest BCUT2D eigenvalue weighted by Gasteiger charge is 2.21. The number of hydrogen-bond donors (Lipinski definition) is 0. The topological polar surface area (TPSA) is 39.1 Å². The lowest BCUT2D eigenvalue weighted by Crippen LogP contribution is -2.25. The first-order valence-electron chi connectivity index (χ1n) is 6.48. The number of Topliss-reactive ketones (excluding diaryl/α,β-unsaturated/α-hetero) is 1. The number of unbranched alkanes of at least 4 members (excludes halogenated alkanes) is 2. The van der Waals surface area contributed by atoms with Crippen molar-refractivity contribution in [2.24, 2.45) is 5.92 Å². The van der Waals surface area contributed by atoms with Gasteiger partial charge >= 0.3 is 0 Å². The molecule has 0 aliphatic carbocycles. The van der Waals surface area contributed by atoms with Crippen LogP contribution >= 0.6 is 0 Å². The number of nitrogens with zero attached hydrogens (tertiary/aromatic N) is 1. The normalized spacial score (nSPS) is 12.8. The maximum atomic E-state index is 11.9. The molecule has 0 bridgehead atoms. The average molecular weight is 247 g/mol. The Balaban J connectivity index is 2.35. The van der Waals surface area contributed by atoms with Crippen LogP contribution in [0, 0.1) is 5.92 Å². The Hall–Kier alpha value is -1.64. The third-order valence-electron chi connectivity index (χ3n) is 2.99. The molecule has 1 rings (SSSR count). The first kappa shape index (κ1) is 14.4. The van der Waals surface area contributed by atoms with Gasteiger partial charge in [0.25, 0.3) is 0 Å². The molecule has 18 heavy (non-hydrogen) atoms. The third kappa shape index (κ3) is 4.32. The molecular weight excluding hydrogens is 226 g/mol. The predicted molar refractivity (Wildman–Crippen MR) is 72.5 cm³/mol. The first-order chi connectivity index (χ1) is 8.66. The molecule has 0 aliphatic heterocycles. The number of rotatable bonds is 7. The molecule has 0 fully saturated rings. The first-order valence-corrected chi connectivity index (χ1v) is 6.48. The summed E-state index contributed by atoms with van der Waals surface area (Å²) in [4.78, 5) is 23.8. The van der Waals surface area contributed by atoms with Gasteiger partial charge in [-0.05, 0) is 45.2 Å². The maximum absolute atomic E-state index is 11.9. The summed E-state index contributed by atoms with van der Waals surface area (Å²) in [5.74, 6) is -0.647. The minimum atomic E-state index is -0.542. The molecule has 0 aliphatic rings. The van der Waals surface area contributed by atoms with Crippen LogP contribution in [-0.4, -0.2) is 16.3 Å². The molecule has 0 N–H and O–H groups in total. The second-order valence-corrected chi connectivity index (χ2v) is 4.43. The minimum absolute atomic E-state index is 0.0363. The third-order valence-corrected chi connectivity index (χ3v) is 2.99. The number of aromatic nitrogens is 1. The molecular formula is C15H21NO2. The number of hydrogen-bond acceptors (Lipinski definition) is 2. The second kappa shape index (κ2) is 7.64. The van der Waals surface area contributed by atoms with E-state index in [0.717, 1.165) is 19.3 Å². The summed E-state index contributed by atoms with van der Waals surface area (Å²) < 4.78 is 1.47. The van der Waals surface area contributed by atoms with Crippen molar-refractivity contribution in [1.82, 2.24) is 4.57 Å². The van der Waals surface area contributed by atoms with Crippen molar-refractivity contribution in [3.63, 3.8) is 0 Å². The number of carbonyl (C=O) groups excluding carboxylic acids is 2. The highest BCUT2D eigenvalue weighted by Crippen LogP contribution is 2.10. The Morgan fingerprint density at radius 2 is 1.89 bits per heavy atom. The van der Waals surface area contributed by atoms with Crippen molar-refractivity contribution < 1.29 is 9.59 Å². The van der Waals surface area contributed by atoms with Crippen LogP contribution in [0.15, 0.2) is 36.7 Å². The van der Waals surface area contributed by atoms with Crippen molar-refractivity contribution in [2.45, 2.75) is 39.5 Å². The molecule has 0 saturated carbocycles. The zero-order valence-electron chi connectivity index (χ0n) is 11.1. The summed E-state index contributed by atoms with van der Waals surface area (Å²) in [5.41, 5.74) is 0. The average Bonchev–Trinajstić information content (AvgIpc) is 2.90. The fourth-order valence-electron chi connectivity index (χ4n) is 1.79. The van der Waals surface area contributed by atoms with E-state index >= 15 is 0 Å². The number of allylic oxidation sites excluding steroid dienone is 2. The summed E-state index contributed by atoms with van der Waals surface area (Å²) in [7, 11) is 0. The van der Waals surface area contributed by atoms with Crippen LogP contribution in [0.5, 0.6) is 0 Å². The lowest BCUT2D eigenvalue weighted by Gasteiger charge is -2.09. The molecule has 0 amide bonds. The van der Waals surface area contributed by atoms with E-state index in [1.54, 1.807) is 31.5 Å². The van der Waals surface area contributed by atoms with E-state index in [1.807, 2.05) is 13.0 Å². The SMILES string of the molecule is CC=CCCCCC(=O)[C@@H](C)C(=O)n1cccc1. The van der Waals surface area contributed by atoms with E-state index in [0.29, 0.717) is 6.42 Å². The highest BCUT2D eigenvalue weighted by molar-refractivity contribution is 6.01. The van der Waals surface area contributed by atoms with Gasteiger partial charge in [0.05, 0.1) is 5.92 Å². The monoisotopic (exact) mass is 247 g/mol. The van der Waals surface area contributed by atoms with Gasteiger partial charge in [-0.1, -0.05) is 12.2 Å². The Labute approximate surface area is 108 Å². The van der Waals surface area contributed by atoms with Gasteiger partial charge in [0.1, 0.15) is 5.78 Å². The molecule has 0 aromatic carbocycles. The lowest BCUT2D eigenvalue weighted by molar-refractivity contribution is -0.121. The Kier molecular flexibility index (Phi) is 6.12. The molecule has 1 heterocycles. The summed E-state index contributed by atoms with van der Waals surface area (Å²) >= 11 is 0. The maximum Gasteiger partial charge on any atom is 0.240 e. The van der Waals surface area contributed by atoms with Crippen LogP contribution < -0.4 is 0 Å². The molecule has 1 atom stereocenters. The van der Waals surface area contributed by atoms with Crippen molar-refractivity contribution in [1.29, 1.82) is 0 Å². The van der Waals surface area contributed by atoms with Gasteiger partial charge in [0.15, 0.2) is 0 Å². The smallest absolute Gasteiger partial charge is 0.240 e. The van der Waals surface area contributed by atoms with Gasteiger partial charge in [0.2, 0.25) is 5.91 Å². The van der Waals surface area contributed by atoms with E-state index < -0.39 is 5.92 Å². The molecule has 3 heteroatoms. The van der Waals surface area contributed by atoms with E-state index in [2.05, 4.69) is 6.08 Å². The summed E-state index contributed by atoms with van der Waals surface area (Å²) in [6.45, 7) is 3.68. The fourth-order valence-corrected chi connectivity index (χ4v) is 1.79. The van der Waals surface area contributed by atoms with Crippen molar-refractivity contribution >= 4 is 11.7 Å². The van der Waals surface area contributed by atoms with E-state index in [4.69, 9.17) is 0 Å². The Morgan fingerprint density at radius 1 is 1.22 bits per heavy atom. The quantitative estimate of drug-likeness (QED) is 0.420. The predicted octanol–water partition coefficient (Wildman–Crippen LogP) is 3.47. The molecule has 1 aromatic rings. The van der Waals surface area contributed by atoms with E-state index in [1.165, 1.54) is 4.57 Å². The van der Waals surface area contributed by atoms with Gasteiger partial charge in [-0.2, -0.15) is 0 Å². The van der Waals surface area contributed by atoms with Crippen molar-refractivity contribution in [2.75, 3.05) is 0 Å². The zero-order chi connectivity index (χ0) is 13.4. The highest BCUT2D eigenvalue weighted by atomic mass is 16.2. The second-order valence-electron chi connectivity index (χ2n) is 4.43. The van der Waals surface area contributed by atoms with Gasteiger partial charge in [-0.3, -0.25) is 14.2 Å². The fraction of sp³-hybridized carbons (Fsp3) is 0.467. The van der Waals surface area contributed by atoms with Gasteiger partial charge in [-0.15, -0.1) is 0 Å². The molecule has 0 spiro atoms. The number of ketones is 1. The van der Waals surface area contributed by atoms with Crippen molar-refractivity contribution in [3.8, 4) is 0 Å². The van der Waals surface area contributed by atoms with Gasteiger partial charge in [0, 0.05) is 18.8 Å². The number of carbonyl (C=O) groups is 2.